The molecule has 0 aliphatic heterocycles. The maximum atomic E-state index is 7.37. The minimum Gasteiger partial charge on any atom is -0.453 e. The lowest BCUT2D eigenvalue weighted by molar-refractivity contribution is 0.660. The highest BCUT2D eigenvalue weighted by Crippen LogP contribution is 2.52. The summed E-state index contributed by atoms with van der Waals surface area (Å²) in [4.78, 5) is 2.43. The van der Waals surface area contributed by atoms with Crippen LogP contribution in [0.15, 0.2) is 205 Å². The second-order valence-corrected chi connectivity index (χ2v) is 17.2. The molecule has 0 N–H and O–H groups in total. The first kappa shape index (κ1) is 34.2. The summed E-state index contributed by atoms with van der Waals surface area (Å²) in [7, 11) is 0. The Morgan fingerprint density at radius 3 is 1.74 bits per heavy atom. The largest absolute Gasteiger partial charge is 0.453 e. The number of hydrogen-bond donors (Lipinski definition) is 0. The molecule has 13 rings (SSSR count). The Bertz CT molecular complexity index is 3780. The van der Waals surface area contributed by atoms with Crippen LogP contribution in [0, 0.1) is 0 Å². The van der Waals surface area contributed by atoms with Crippen LogP contribution in [0.2, 0.25) is 0 Å². The summed E-state index contributed by atoms with van der Waals surface area (Å²) in [5, 5.41) is 14.5. The minimum absolute atomic E-state index is 0.160. The molecule has 0 saturated heterocycles. The predicted octanol–water partition coefficient (Wildman–Crippen LogP) is 16.8. The van der Waals surface area contributed by atoms with Crippen LogP contribution in [0.4, 0.5) is 17.1 Å². The zero-order valence-corrected chi connectivity index (χ0v) is 33.9. The van der Waals surface area contributed by atoms with Gasteiger partial charge in [0.1, 0.15) is 5.58 Å². The van der Waals surface area contributed by atoms with Crippen molar-refractivity contribution < 1.29 is 4.42 Å². The van der Waals surface area contributed by atoms with Gasteiger partial charge in [-0.15, -0.1) is 0 Å². The van der Waals surface area contributed by atoms with Crippen molar-refractivity contribution in [1.82, 2.24) is 0 Å². The van der Waals surface area contributed by atoms with Crippen LogP contribution in [-0.2, 0) is 5.41 Å². The van der Waals surface area contributed by atoms with Gasteiger partial charge in [0.25, 0.3) is 0 Å². The van der Waals surface area contributed by atoms with Gasteiger partial charge in [-0.25, -0.2) is 0 Å². The lowest BCUT2D eigenvalue weighted by Crippen LogP contribution is -2.16. The van der Waals surface area contributed by atoms with E-state index in [0.29, 0.717) is 0 Å². The van der Waals surface area contributed by atoms with Gasteiger partial charge in [-0.05, 0) is 124 Å². The van der Waals surface area contributed by atoms with Crippen LogP contribution >= 0.6 is 0 Å². The van der Waals surface area contributed by atoms with Gasteiger partial charge in [0.05, 0.1) is 5.69 Å². The summed E-state index contributed by atoms with van der Waals surface area (Å²) in [5.41, 5.74) is 12.4. The molecule has 0 radical (unpaired) electrons. The fourth-order valence-corrected chi connectivity index (χ4v) is 10.7. The van der Waals surface area contributed by atoms with Crippen LogP contribution in [0.3, 0.4) is 0 Å². The van der Waals surface area contributed by atoms with Crippen molar-refractivity contribution in [3.63, 3.8) is 0 Å². The van der Waals surface area contributed by atoms with E-state index in [-0.39, 0.29) is 5.41 Å². The second kappa shape index (κ2) is 12.7. The molecule has 0 unspecified atom stereocenters. The fourth-order valence-electron chi connectivity index (χ4n) is 10.7. The summed E-state index contributed by atoms with van der Waals surface area (Å²) >= 11 is 0. The average Bonchev–Trinajstić information content (AvgIpc) is 3.79. The van der Waals surface area contributed by atoms with Crippen molar-refractivity contribution in [3.05, 3.63) is 211 Å². The smallest absolute Gasteiger partial charge is 0.159 e. The lowest BCUT2D eigenvalue weighted by atomic mass is 9.82. The Balaban J connectivity index is 1.11. The van der Waals surface area contributed by atoms with E-state index in [4.69, 9.17) is 4.42 Å². The molecule has 1 heterocycles. The standard InChI is InChI=1S/C59H39NO/c1-59(2)53-24-12-11-22-48(53)49-31-29-41(35-54(49)59)60(40-28-30-47-45-20-8-7-18-43(45)44-19-9-10-21-46(44)51(47)34-40)55-25-13-23-50-52-33-38-16-5-6-17-42(38)56(58(52)61-57(50)55)39-27-26-36-14-3-4-15-37(36)32-39/h3-35H,1-2H3. The van der Waals surface area contributed by atoms with E-state index < -0.39 is 0 Å². The summed E-state index contributed by atoms with van der Waals surface area (Å²) in [5.74, 6) is 0. The fraction of sp³-hybridized carbons (Fsp3) is 0.0508. The zero-order chi connectivity index (χ0) is 40.4. The molecule has 2 nitrogen and oxygen atoms in total. The van der Waals surface area contributed by atoms with Gasteiger partial charge in [-0.3, -0.25) is 0 Å². The molecular weight excluding hydrogens is 739 g/mol. The van der Waals surface area contributed by atoms with Crippen molar-refractivity contribution >= 4 is 92.9 Å². The molecular formula is C59H39NO. The molecule has 0 spiro atoms. The molecule has 0 amide bonds. The van der Waals surface area contributed by atoms with Gasteiger partial charge in [-0.2, -0.15) is 0 Å². The third-order valence-corrected chi connectivity index (χ3v) is 13.6. The highest BCUT2D eigenvalue weighted by atomic mass is 16.3. The van der Waals surface area contributed by atoms with E-state index in [1.54, 1.807) is 0 Å². The van der Waals surface area contributed by atoms with E-state index in [1.165, 1.54) is 76.1 Å². The first-order valence-electron chi connectivity index (χ1n) is 21.3. The van der Waals surface area contributed by atoms with Crippen molar-refractivity contribution in [2.75, 3.05) is 4.90 Å². The number of nitrogens with zero attached hydrogens (tertiary/aromatic N) is 1. The topological polar surface area (TPSA) is 16.4 Å². The summed E-state index contributed by atoms with van der Waals surface area (Å²) in [6, 6.07) is 73.7. The highest BCUT2D eigenvalue weighted by Gasteiger charge is 2.36. The number of benzene rings is 11. The first-order chi connectivity index (χ1) is 30.0. The third-order valence-electron chi connectivity index (χ3n) is 13.6. The summed E-state index contributed by atoms with van der Waals surface area (Å²) < 4.78 is 7.37. The zero-order valence-electron chi connectivity index (χ0n) is 33.9. The number of para-hydroxylation sites is 1. The number of furan rings is 1. The third kappa shape index (κ3) is 4.91. The van der Waals surface area contributed by atoms with E-state index in [0.717, 1.165) is 50.1 Å². The van der Waals surface area contributed by atoms with E-state index in [2.05, 4.69) is 219 Å². The molecule has 1 aliphatic rings. The SMILES string of the molecule is CC1(C)c2ccccc2-c2ccc(N(c3ccc4c5ccccc5c5ccccc5c4c3)c3cccc4c3oc3c(-c5ccc6ccccc6c5)c5ccccc5cc34)cc21. The molecule has 2 heteroatoms. The number of hydrogen-bond acceptors (Lipinski definition) is 2. The number of fused-ring (bicyclic) bond motifs is 14. The average molecular weight is 778 g/mol. The molecule has 286 valence electrons. The van der Waals surface area contributed by atoms with Crippen molar-refractivity contribution in [3.8, 4) is 22.3 Å². The molecule has 61 heavy (non-hydrogen) atoms. The Hall–Kier alpha value is -7.68. The highest BCUT2D eigenvalue weighted by molar-refractivity contribution is 6.26. The quantitative estimate of drug-likeness (QED) is 0.166. The van der Waals surface area contributed by atoms with Crippen LogP contribution < -0.4 is 4.90 Å². The minimum atomic E-state index is -0.160. The molecule has 12 aromatic rings. The van der Waals surface area contributed by atoms with Crippen LogP contribution in [0.1, 0.15) is 25.0 Å². The molecule has 0 bridgehead atoms. The van der Waals surface area contributed by atoms with Crippen LogP contribution in [0.5, 0.6) is 0 Å². The van der Waals surface area contributed by atoms with Gasteiger partial charge in [-0.1, -0.05) is 172 Å². The van der Waals surface area contributed by atoms with Gasteiger partial charge in [0.15, 0.2) is 5.58 Å². The molecule has 1 aromatic heterocycles. The molecule has 0 fully saturated rings. The maximum absolute atomic E-state index is 7.37. The van der Waals surface area contributed by atoms with Crippen molar-refractivity contribution in [2.45, 2.75) is 19.3 Å². The van der Waals surface area contributed by atoms with E-state index >= 15 is 0 Å². The lowest BCUT2D eigenvalue weighted by Gasteiger charge is -2.28. The van der Waals surface area contributed by atoms with Gasteiger partial charge >= 0.3 is 0 Å². The normalized spacial score (nSPS) is 13.2. The van der Waals surface area contributed by atoms with Gasteiger partial charge in [0, 0.05) is 33.1 Å². The molecule has 11 aromatic carbocycles. The van der Waals surface area contributed by atoms with Crippen molar-refractivity contribution in [1.29, 1.82) is 0 Å². The van der Waals surface area contributed by atoms with Gasteiger partial charge < -0.3 is 9.32 Å². The summed E-state index contributed by atoms with van der Waals surface area (Å²) in [6.07, 6.45) is 0. The maximum Gasteiger partial charge on any atom is 0.159 e. The van der Waals surface area contributed by atoms with Crippen LogP contribution in [0.25, 0.3) is 98.1 Å². The predicted molar refractivity (Wildman–Crippen MR) is 259 cm³/mol. The molecule has 0 atom stereocenters. The Morgan fingerprint density at radius 2 is 0.951 bits per heavy atom. The van der Waals surface area contributed by atoms with E-state index in [1.807, 2.05) is 0 Å². The first-order valence-corrected chi connectivity index (χ1v) is 21.3. The number of rotatable bonds is 4. The Labute approximate surface area is 353 Å². The Morgan fingerprint density at radius 1 is 0.361 bits per heavy atom. The second-order valence-electron chi connectivity index (χ2n) is 17.2. The number of anilines is 3. The monoisotopic (exact) mass is 777 g/mol. The van der Waals surface area contributed by atoms with Crippen molar-refractivity contribution in [2.24, 2.45) is 0 Å². The van der Waals surface area contributed by atoms with Gasteiger partial charge in [0.2, 0.25) is 0 Å². The van der Waals surface area contributed by atoms with Crippen LogP contribution in [-0.4, -0.2) is 0 Å². The molecule has 0 saturated carbocycles. The molecule has 1 aliphatic carbocycles. The van der Waals surface area contributed by atoms with E-state index in [9.17, 15) is 0 Å². The Kier molecular flexibility index (Phi) is 7.10. The summed E-state index contributed by atoms with van der Waals surface area (Å²) in [6.45, 7) is 4.72.